The Morgan fingerprint density at radius 3 is 2.50 bits per heavy atom. The standard InChI is InChI=1S/C13H24N2O/c14-12-8-11(9-12)13(16)15-7-6-10-4-2-1-3-5-10/h10-12H,1-9,14H2,(H,15,16). The summed E-state index contributed by atoms with van der Waals surface area (Å²) in [5.41, 5.74) is 5.67. The number of carbonyl (C=O) groups excluding carboxylic acids is 1. The molecule has 0 radical (unpaired) electrons. The third-order valence-corrected chi connectivity index (χ3v) is 4.12. The van der Waals surface area contributed by atoms with E-state index in [-0.39, 0.29) is 17.9 Å². The summed E-state index contributed by atoms with van der Waals surface area (Å²) < 4.78 is 0. The summed E-state index contributed by atoms with van der Waals surface area (Å²) in [5.74, 6) is 1.30. The Bertz CT molecular complexity index is 230. The zero-order valence-corrected chi connectivity index (χ0v) is 10.1. The molecular weight excluding hydrogens is 200 g/mol. The van der Waals surface area contributed by atoms with Crippen LogP contribution in [-0.4, -0.2) is 18.5 Å². The molecule has 0 heterocycles. The minimum atomic E-state index is 0.210. The lowest BCUT2D eigenvalue weighted by molar-refractivity contribution is -0.127. The van der Waals surface area contributed by atoms with Gasteiger partial charge in [0.05, 0.1) is 0 Å². The lowest BCUT2D eigenvalue weighted by Crippen LogP contribution is -2.45. The average Bonchev–Trinajstić information content (AvgIpc) is 2.26. The number of nitrogens with two attached hydrogens (primary N) is 1. The van der Waals surface area contributed by atoms with E-state index >= 15 is 0 Å². The molecule has 2 aliphatic carbocycles. The van der Waals surface area contributed by atoms with Crippen molar-refractivity contribution in [3.05, 3.63) is 0 Å². The van der Waals surface area contributed by atoms with Crippen molar-refractivity contribution >= 4 is 5.91 Å². The highest BCUT2D eigenvalue weighted by molar-refractivity contribution is 5.79. The van der Waals surface area contributed by atoms with Crippen LogP contribution < -0.4 is 11.1 Å². The third kappa shape index (κ3) is 3.21. The van der Waals surface area contributed by atoms with Crippen molar-refractivity contribution in [1.29, 1.82) is 0 Å². The Labute approximate surface area is 98.2 Å². The van der Waals surface area contributed by atoms with Crippen LogP contribution in [-0.2, 0) is 4.79 Å². The second-order valence-corrected chi connectivity index (χ2v) is 5.51. The van der Waals surface area contributed by atoms with Crippen LogP contribution in [0.25, 0.3) is 0 Å². The third-order valence-electron chi connectivity index (χ3n) is 4.12. The van der Waals surface area contributed by atoms with E-state index in [0.29, 0.717) is 0 Å². The number of hydrogen-bond donors (Lipinski definition) is 2. The summed E-state index contributed by atoms with van der Waals surface area (Å²) in [5, 5.41) is 3.06. The number of carbonyl (C=O) groups is 1. The van der Waals surface area contributed by atoms with Gasteiger partial charge in [-0.1, -0.05) is 32.1 Å². The Morgan fingerprint density at radius 1 is 1.19 bits per heavy atom. The predicted octanol–water partition coefficient (Wildman–Crippen LogP) is 1.81. The quantitative estimate of drug-likeness (QED) is 0.765. The van der Waals surface area contributed by atoms with Gasteiger partial charge in [0.15, 0.2) is 0 Å². The van der Waals surface area contributed by atoms with Gasteiger partial charge in [0, 0.05) is 18.5 Å². The van der Waals surface area contributed by atoms with E-state index in [9.17, 15) is 4.79 Å². The highest BCUT2D eigenvalue weighted by atomic mass is 16.1. The van der Waals surface area contributed by atoms with Gasteiger partial charge in [-0.15, -0.1) is 0 Å². The van der Waals surface area contributed by atoms with Crippen LogP contribution in [0.1, 0.15) is 51.4 Å². The van der Waals surface area contributed by atoms with E-state index in [1.807, 2.05) is 0 Å². The fourth-order valence-corrected chi connectivity index (χ4v) is 2.90. The second kappa shape index (κ2) is 5.67. The molecule has 0 unspecified atom stereocenters. The number of amides is 1. The van der Waals surface area contributed by atoms with Crippen LogP contribution in [0.15, 0.2) is 0 Å². The molecule has 16 heavy (non-hydrogen) atoms. The van der Waals surface area contributed by atoms with E-state index in [1.54, 1.807) is 0 Å². The molecular formula is C13H24N2O. The van der Waals surface area contributed by atoms with Crippen molar-refractivity contribution in [3.8, 4) is 0 Å². The van der Waals surface area contributed by atoms with Gasteiger partial charge in [-0.3, -0.25) is 4.79 Å². The van der Waals surface area contributed by atoms with Crippen molar-refractivity contribution in [2.24, 2.45) is 17.6 Å². The summed E-state index contributed by atoms with van der Waals surface area (Å²) in [6.45, 7) is 0.870. The molecule has 3 nitrogen and oxygen atoms in total. The summed E-state index contributed by atoms with van der Waals surface area (Å²) in [6, 6.07) is 0.272. The van der Waals surface area contributed by atoms with Crippen LogP contribution in [0.5, 0.6) is 0 Å². The predicted molar refractivity (Wildman–Crippen MR) is 64.9 cm³/mol. The SMILES string of the molecule is NC1CC(C(=O)NCCC2CCCCC2)C1. The van der Waals surface area contributed by atoms with Crippen molar-refractivity contribution in [3.63, 3.8) is 0 Å². The van der Waals surface area contributed by atoms with Crippen LogP contribution in [0, 0.1) is 11.8 Å². The summed E-state index contributed by atoms with van der Waals surface area (Å²) in [6.07, 6.45) is 9.85. The molecule has 0 aliphatic heterocycles. The summed E-state index contributed by atoms with van der Waals surface area (Å²) >= 11 is 0. The highest BCUT2D eigenvalue weighted by Gasteiger charge is 2.31. The van der Waals surface area contributed by atoms with Crippen LogP contribution in [0.4, 0.5) is 0 Å². The first-order chi connectivity index (χ1) is 7.75. The molecule has 2 rings (SSSR count). The number of hydrogen-bond acceptors (Lipinski definition) is 2. The molecule has 0 aromatic carbocycles. The second-order valence-electron chi connectivity index (χ2n) is 5.51. The highest BCUT2D eigenvalue weighted by Crippen LogP contribution is 2.27. The van der Waals surface area contributed by atoms with Gasteiger partial charge in [0.2, 0.25) is 5.91 Å². The van der Waals surface area contributed by atoms with E-state index in [4.69, 9.17) is 5.73 Å². The molecule has 0 bridgehead atoms. The molecule has 1 amide bonds. The van der Waals surface area contributed by atoms with Gasteiger partial charge in [-0.25, -0.2) is 0 Å². The molecule has 0 atom stereocenters. The fourth-order valence-electron chi connectivity index (χ4n) is 2.90. The van der Waals surface area contributed by atoms with Gasteiger partial charge >= 0.3 is 0 Å². The van der Waals surface area contributed by atoms with Crippen LogP contribution >= 0.6 is 0 Å². The molecule has 2 fully saturated rings. The number of nitrogens with one attached hydrogen (secondary N) is 1. The van der Waals surface area contributed by atoms with Crippen molar-refractivity contribution in [2.45, 2.75) is 57.4 Å². The maximum atomic E-state index is 11.6. The maximum Gasteiger partial charge on any atom is 0.223 e. The van der Waals surface area contributed by atoms with E-state index in [2.05, 4.69) is 5.32 Å². The maximum absolute atomic E-state index is 11.6. The first-order valence-electron chi connectivity index (χ1n) is 6.79. The van der Waals surface area contributed by atoms with Gasteiger partial charge < -0.3 is 11.1 Å². The fraction of sp³-hybridized carbons (Fsp3) is 0.923. The monoisotopic (exact) mass is 224 g/mol. The lowest BCUT2D eigenvalue weighted by Gasteiger charge is -2.31. The van der Waals surface area contributed by atoms with Crippen LogP contribution in [0.2, 0.25) is 0 Å². The molecule has 0 aromatic heterocycles. The molecule has 0 saturated heterocycles. The summed E-state index contributed by atoms with van der Waals surface area (Å²) in [7, 11) is 0. The molecule has 3 N–H and O–H groups in total. The largest absolute Gasteiger partial charge is 0.356 e. The Kier molecular flexibility index (Phi) is 4.22. The first kappa shape index (κ1) is 11.9. The molecule has 0 spiro atoms. The molecule has 0 aromatic rings. The van der Waals surface area contributed by atoms with E-state index < -0.39 is 0 Å². The van der Waals surface area contributed by atoms with Gasteiger partial charge in [-0.05, 0) is 25.2 Å². The molecule has 2 aliphatic rings. The van der Waals surface area contributed by atoms with Crippen molar-refractivity contribution in [2.75, 3.05) is 6.54 Å². The van der Waals surface area contributed by atoms with Gasteiger partial charge in [-0.2, -0.15) is 0 Å². The Hall–Kier alpha value is -0.570. The molecule has 3 heteroatoms. The Balaban J connectivity index is 1.55. The van der Waals surface area contributed by atoms with Gasteiger partial charge in [0.25, 0.3) is 0 Å². The minimum Gasteiger partial charge on any atom is -0.356 e. The molecule has 92 valence electrons. The zero-order valence-electron chi connectivity index (χ0n) is 10.1. The van der Waals surface area contributed by atoms with E-state index in [1.165, 1.54) is 38.5 Å². The lowest BCUT2D eigenvalue weighted by atomic mass is 9.80. The van der Waals surface area contributed by atoms with Crippen molar-refractivity contribution in [1.82, 2.24) is 5.32 Å². The Morgan fingerprint density at radius 2 is 1.88 bits per heavy atom. The first-order valence-corrected chi connectivity index (χ1v) is 6.79. The topological polar surface area (TPSA) is 55.1 Å². The number of rotatable bonds is 4. The normalized spacial score (nSPS) is 30.8. The van der Waals surface area contributed by atoms with Gasteiger partial charge in [0.1, 0.15) is 0 Å². The van der Waals surface area contributed by atoms with Crippen molar-refractivity contribution < 1.29 is 4.79 Å². The molecule has 2 saturated carbocycles. The van der Waals surface area contributed by atoms with E-state index in [0.717, 1.165) is 25.3 Å². The van der Waals surface area contributed by atoms with Crippen LogP contribution in [0.3, 0.4) is 0 Å². The summed E-state index contributed by atoms with van der Waals surface area (Å²) in [4.78, 5) is 11.6. The smallest absolute Gasteiger partial charge is 0.223 e. The average molecular weight is 224 g/mol. The zero-order chi connectivity index (χ0) is 11.4. The minimum absolute atomic E-state index is 0.210.